The van der Waals surface area contributed by atoms with Crippen molar-refractivity contribution in [3.63, 3.8) is 0 Å². The van der Waals surface area contributed by atoms with Crippen LogP contribution in [0.5, 0.6) is 11.6 Å². The third-order valence-corrected chi connectivity index (χ3v) is 2.91. The fourth-order valence-corrected chi connectivity index (χ4v) is 1.78. The van der Waals surface area contributed by atoms with Crippen LogP contribution in [0.15, 0.2) is 48.7 Å². The van der Waals surface area contributed by atoms with Crippen LogP contribution in [0, 0.1) is 5.92 Å². The van der Waals surface area contributed by atoms with E-state index in [9.17, 15) is 4.79 Å². The van der Waals surface area contributed by atoms with Crippen LogP contribution in [0.25, 0.3) is 0 Å². The Morgan fingerprint density at radius 2 is 1.85 bits per heavy atom. The molecule has 1 aromatic heterocycles. The van der Waals surface area contributed by atoms with Crippen LogP contribution in [0.3, 0.4) is 0 Å². The number of carbonyl (C=O) groups excluding carboxylic acids is 1. The first-order valence-electron chi connectivity index (χ1n) is 6.54. The molecule has 0 aliphatic heterocycles. The smallest absolute Gasteiger partial charge is 0.229 e. The fraction of sp³-hybridized carbons (Fsp3) is 0.250. The maximum absolute atomic E-state index is 11.9. The zero-order valence-electron chi connectivity index (χ0n) is 11.9. The molecule has 4 heteroatoms. The number of pyridine rings is 1. The predicted octanol–water partition coefficient (Wildman–Crippen LogP) is 3.49. The molecule has 4 nitrogen and oxygen atoms in total. The van der Waals surface area contributed by atoms with Gasteiger partial charge in [0.2, 0.25) is 11.8 Å². The molecule has 0 saturated carbocycles. The van der Waals surface area contributed by atoms with Crippen LogP contribution >= 0.6 is 0 Å². The molecule has 0 atom stereocenters. The van der Waals surface area contributed by atoms with Crippen LogP contribution in [-0.2, 0) is 4.79 Å². The van der Waals surface area contributed by atoms with Gasteiger partial charge >= 0.3 is 0 Å². The Kier molecular flexibility index (Phi) is 4.35. The minimum atomic E-state index is -0.0237. The van der Waals surface area contributed by atoms with Gasteiger partial charge in [0.1, 0.15) is 5.75 Å². The number of anilines is 1. The van der Waals surface area contributed by atoms with Crippen molar-refractivity contribution in [1.82, 2.24) is 4.98 Å². The van der Waals surface area contributed by atoms with Crippen molar-refractivity contribution in [2.24, 2.45) is 5.92 Å². The van der Waals surface area contributed by atoms with Crippen LogP contribution in [0.4, 0.5) is 5.69 Å². The molecular weight excluding hydrogens is 252 g/mol. The quantitative estimate of drug-likeness (QED) is 0.854. The fourth-order valence-electron chi connectivity index (χ4n) is 1.78. The van der Waals surface area contributed by atoms with E-state index >= 15 is 0 Å². The molecule has 2 aromatic rings. The molecule has 0 fully saturated rings. The number of hydrogen-bond donors (Lipinski definition) is 0. The van der Waals surface area contributed by atoms with Crippen LogP contribution < -0.4 is 9.64 Å². The third kappa shape index (κ3) is 3.35. The number of rotatable bonds is 4. The van der Waals surface area contributed by atoms with Crippen LogP contribution in [0.1, 0.15) is 13.8 Å². The lowest BCUT2D eigenvalue weighted by atomic mass is 10.2. The minimum Gasteiger partial charge on any atom is -0.439 e. The molecular formula is C16H18N2O2. The summed E-state index contributed by atoms with van der Waals surface area (Å²) in [5, 5.41) is 0. The van der Waals surface area contributed by atoms with E-state index in [0.29, 0.717) is 11.6 Å². The number of ether oxygens (including phenoxy) is 1. The lowest BCUT2D eigenvalue weighted by Crippen LogP contribution is -2.30. The molecule has 1 aromatic carbocycles. The summed E-state index contributed by atoms with van der Waals surface area (Å²) >= 11 is 0. The summed E-state index contributed by atoms with van der Waals surface area (Å²) in [5.74, 6) is 1.30. The normalized spacial score (nSPS) is 10.4. The van der Waals surface area contributed by atoms with Gasteiger partial charge in [-0.25, -0.2) is 4.98 Å². The molecule has 1 heterocycles. The van der Waals surface area contributed by atoms with Crippen molar-refractivity contribution in [2.75, 3.05) is 11.9 Å². The molecule has 20 heavy (non-hydrogen) atoms. The zero-order chi connectivity index (χ0) is 14.5. The lowest BCUT2D eigenvalue weighted by molar-refractivity contribution is -0.121. The van der Waals surface area contributed by atoms with E-state index in [1.165, 1.54) is 0 Å². The van der Waals surface area contributed by atoms with E-state index in [-0.39, 0.29) is 11.8 Å². The second kappa shape index (κ2) is 6.19. The van der Waals surface area contributed by atoms with Crippen LogP contribution in [0.2, 0.25) is 0 Å². The summed E-state index contributed by atoms with van der Waals surface area (Å²) in [4.78, 5) is 17.6. The van der Waals surface area contributed by atoms with E-state index < -0.39 is 0 Å². The average Bonchev–Trinajstić information content (AvgIpc) is 2.47. The molecule has 0 saturated heterocycles. The second-order valence-corrected chi connectivity index (χ2v) is 4.82. The number of nitrogens with zero attached hydrogens (tertiary/aromatic N) is 2. The largest absolute Gasteiger partial charge is 0.439 e. The highest BCUT2D eigenvalue weighted by molar-refractivity contribution is 5.94. The predicted molar refractivity (Wildman–Crippen MR) is 79.0 cm³/mol. The Morgan fingerprint density at radius 1 is 1.15 bits per heavy atom. The molecule has 0 radical (unpaired) electrons. The molecule has 0 bridgehead atoms. The molecule has 1 amide bonds. The maximum atomic E-state index is 11.9. The van der Waals surface area contributed by atoms with Gasteiger partial charge < -0.3 is 9.64 Å². The van der Waals surface area contributed by atoms with Gasteiger partial charge in [-0.2, -0.15) is 0 Å². The van der Waals surface area contributed by atoms with Gasteiger partial charge in [0.25, 0.3) is 0 Å². The van der Waals surface area contributed by atoms with Crippen molar-refractivity contribution in [2.45, 2.75) is 13.8 Å². The number of aromatic nitrogens is 1. The Hall–Kier alpha value is -2.36. The summed E-state index contributed by atoms with van der Waals surface area (Å²) in [6.45, 7) is 3.77. The minimum absolute atomic E-state index is 0.0237. The Morgan fingerprint density at radius 3 is 2.40 bits per heavy atom. The Labute approximate surface area is 119 Å². The molecule has 0 N–H and O–H groups in total. The van der Waals surface area contributed by atoms with Crippen LogP contribution in [-0.4, -0.2) is 17.9 Å². The Balaban J connectivity index is 2.08. The van der Waals surface area contributed by atoms with Crippen molar-refractivity contribution in [3.8, 4) is 11.6 Å². The van der Waals surface area contributed by atoms with Gasteiger partial charge in [-0.1, -0.05) is 19.9 Å². The summed E-state index contributed by atoms with van der Waals surface area (Å²) < 4.78 is 5.61. The van der Waals surface area contributed by atoms with Crippen molar-refractivity contribution >= 4 is 11.6 Å². The van der Waals surface area contributed by atoms with Gasteiger partial charge in [-0.15, -0.1) is 0 Å². The lowest BCUT2D eigenvalue weighted by Gasteiger charge is -2.19. The number of carbonyl (C=O) groups is 1. The van der Waals surface area contributed by atoms with E-state index in [1.807, 2.05) is 50.2 Å². The molecule has 0 aliphatic rings. The molecule has 104 valence electrons. The maximum Gasteiger partial charge on any atom is 0.229 e. The van der Waals surface area contributed by atoms with E-state index in [0.717, 1.165) is 5.69 Å². The van der Waals surface area contributed by atoms with E-state index in [4.69, 9.17) is 4.74 Å². The Bertz CT molecular complexity index is 565. The molecule has 0 aliphatic carbocycles. The summed E-state index contributed by atoms with van der Waals surface area (Å²) in [5.41, 5.74) is 0.845. The first-order chi connectivity index (χ1) is 9.58. The van der Waals surface area contributed by atoms with E-state index in [2.05, 4.69) is 4.98 Å². The number of amides is 1. The second-order valence-electron chi connectivity index (χ2n) is 4.82. The van der Waals surface area contributed by atoms with Crippen molar-refractivity contribution in [3.05, 3.63) is 48.7 Å². The van der Waals surface area contributed by atoms with Crippen molar-refractivity contribution in [1.29, 1.82) is 0 Å². The standard InChI is InChI=1S/C16H18N2O2/c1-12(2)16(19)18(3)13-7-9-14(10-8-13)20-15-6-4-5-11-17-15/h4-12H,1-3H3. The van der Waals surface area contributed by atoms with Gasteiger partial charge in [-0.3, -0.25) is 4.79 Å². The SMILES string of the molecule is CC(C)C(=O)N(C)c1ccc(Oc2ccccn2)cc1. The molecule has 0 unspecified atom stereocenters. The van der Waals surface area contributed by atoms with Gasteiger partial charge in [-0.05, 0) is 30.3 Å². The van der Waals surface area contributed by atoms with E-state index in [1.54, 1.807) is 24.2 Å². The third-order valence-electron chi connectivity index (χ3n) is 2.91. The monoisotopic (exact) mass is 270 g/mol. The van der Waals surface area contributed by atoms with Crippen molar-refractivity contribution < 1.29 is 9.53 Å². The van der Waals surface area contributed by atoms with Gasteiger partial charge in [0.15, 0.2) is 0 Å². The summed E-state index contributed by atoms with van der Waals surface area (Å²) in [6, 6.07) is 12.9. The van der Waals surface area contributed by atoms with Gasteiger partial charge in [0, 0.05) is 30.9 Å². The first kappa shape index (κ1) is 14.1. The summed E-state index contributed by atoms with van der Waals surface area (Å²) in [7, 11) is 1.77. The first-order valence-corrected chi connectivity index (χ1v) is 6.54. The zero-order valence-corrected chi connectivity index (χ0v) is 11.9. The highest BCUT2D eigenvalue weighted by Gasteiger charge is 2.14. The summed E-state index contributed by atoms with van der Waals surface area (Å²) in [6.07, 6.45) is 1.68. The molecule has 0 spiro atoms. The average molecular weight is 270 g/mol. The number of benzene rings is 1. The topological polar surface area (TPSA) is 42.4 Å². The number of hydrogen-bond acceptors (Lipinski definition) is 3. The van der Waals surface area contributed by atoms with Gasteiger partial charge in [0.05, 0.1) is 0 Å². The highest BCUT2D eigenvalue weighted by Crippen LogP contribution is 2.23. The molecule has 2 rings (SSSR count). The highest BCUT2D eigenvalue weighted by atomic mass is 16.5.